The molecule has 0 saturated heterocycles. The van der Waals surface area contributed by atoms with Gasteiger partial charge in [0.15, 0.2) is 16.6 Å². The molecule has 23 heavy (non-hydrogen) atoms. The summed E-state index contributed by atoms with van der Waals surface area (Å²) in [6.45, 7) is 0. The van der Waals surface area contributed by atoms with Crippen LogP contribution in [0.5, 0.6) is 0 Å². The van der Waals surface area contributed by atoms with Crippen molar-refractivity contribution in [3.05, 3.63) is 47.1 Å². The molecule has 3 aromatic rings. The number of nitrogens with zero attached hydrogens (tertiary/aromatic N) is 5. The lowest BCUT2D eigenvalue weighted by atomic mass is 10.0. The van der Waals surface area contributed by atoms with E-state index in [1.807, 2.05) is 0 Å². The van der Waals surface area contributed by atoms with Crippen molar-refractivity contribution in [3.8, 4) is 5.82 Å². The molecular weight excluding hydrogens is 312 g/mol. The van der Waals surface area contributed by atoms with Gasteiger partial charge in [0.25, 0.3) is 5.91 Å². The van der Waals surface area contributed by atoms with Crippen LogP contribution in [0, 0.1) is 0 Å². The van der Waals surface area contributed by atoms with Gasteiger partial charge in [0.2, 0.25) is 0 Å². The van der Waals surface area contributed by atoms with Crippen molar-refractivity contribution >= 4 is 22.4 Å². The van der Waals surface area contributed by atoms with Crippen LogP contribution in [0.2, 0.25) is 0 Å². The third kappa shape index (κ3) is 2.85. The highest BCUT2D eigenvalue weighted by Crippen LogP contribution is 2.29. The molecule has 3 aromatic heterocycles. The number of carbonyl (C=O) groups is 1. The summed E-state index contributed by atoms with van der Waals surface area (Å²) in [7, 11) is 0. The highest BCUT2D eigenvalue weighted by molar-refractivity contribution is 7.15. The number of rotatable bonds is 3. The van der Waals surface area contributed by atoms with Crippen molar-refractivity contribution in [1.82, 2.24) is 24.7 Å². The molecule has 0 fully saturated rings. The molecule has 116 valence electrons. The number of hydrogen-bond donors (Lipinski definition) is 1. The maximum absolute atomic E-state index is 12.3. The Kier molecular flexibility index (Phi) is 3.58. The van der Waals surface area contributed by atoms with Crippen molar-refractivity contribution < 1.29 is 4.79 Å². The monoisotopic (exact) mass is 326 g/mol. The van der Waals surface area contributed by atoms with E-state index in [4.69, 9.17) is 0 Å². The summed E-state index contributed by atoms with van der Waals surface area (Å²) in [4.78, 5) is 22.0. The summed E-state index contributed by atoms with van der Waals surface area (Å²) in [6.07, 6.45) is 9.48. The van der Waals surface area contributed by atoms with E-state index in [1.54, 1.807) is 46.8 Å². The summed E-state index contributed by atoms with van der Waals surface area (Å²) in [6, 6.07) is 3.38. The lowest BCUT2D eigenvalue weighted by molar-refractivity contribution is 0.102. The van der Waals surface area contributed by atoms with Crippen molar-refractivity contribution in [1.29, 1.82) is 0 Å². The SMILES string of the molecule is O=C(Nc1nc2c(s1)CCCC2)c1ccc(-n2ccnc2)nn1. The summed E-state index contributed by atoms with van der Waals surface area (Å²) in [5, 5.41) is 11.5. The summed E-state index contributed by atoms with van der Waals surface area (Å²) in [5.74, 6) is 0.324. The van der Waals surface area contributed by atoms with E-state index in [0.29, 0.717) is 10.9 Å². The molecule has 0 saturated carbocycles. The molecule has 3 heterocycles. The number of anilines is 1. The Hall–Kier alpha value is -2.61. The Bertz CT molecular complexity index is 801. The van der Waals surface area contributed by atoms with Gasteiger partial charge in [-0.15, -0.1) is 21.5 Å². The second-order valence-corrected chi connectivity index (χ2v) is 6.38. The van der Waals surface area contributed by atoms with Gasteiger partial charge < -0.3 is 0 Å². The molecule has 0 spiro atoms. The van der Waals surface area contributed by atoms with Crippen molar-refractivity contribution in [2.24, 2.45) is 0 Å². The van der Waals surface area contributed by atoms with E-state index in [1.165, 1.54) is 17.7 Å². The predicted octanol–water partition coefficient (Wildman–Crippen LogP) is 2.25. The van der Waals surface area contributed by atoms with Gasteiger partial charge >= 0.3 is 0 Å². The van der Waals surface area contributed by atoms with Crippen LogP contribution in [0.3, 0.4) is 0 Å². The molecule has 0 aromatic carbocycles. The number of fused-ring (bicyclic) bond motifs is 1. The third-order valence-corrected chi connectivity index (χ3v) is 4.79. The van der Waals surface area contributed by atoms with E-state index in [0.717, 1.165) is 18.5 Å². The average molecular weight is 326 g/mol. The molecule has 0 bridgehead atoms. The number of aryl methyl sites for hydroxylation is 2. The molecule has 4 rings (SSSR count). The molecule has 1 amide bonds. The van der Waals surface area contributed by atoms with Crippen LogP contribution >= 0.6 is 11.3 Å². The zero-order chi connectivity index (χ0) is 15.6. The summed E-state index contributed by atoms with van der Waals surface area (Å²) in [5.41, 5.74) is 1.39. The Morgan fingerprint density at radius 1 is 1.22 bits per heavy atom. The fourth-order valence-electron chi connectivity index (χ4n) is 2.55. The smallest absolute Gasteiger partial charge is 0.277 e. The number of aromatic nitrogens is 5. The minimum absolute atomic E-state index is 0.266. The highest BCUT2D eigenvalue weighted by Gasteiger charge is 2.17. The first-order valence-corrected chi connectivity index (χ1v) is 8.23. The molecular formula is C15H14N6OS. The summed E-state index contributed by atoms with van der Waals surface area (Å²) < 4.78 is 1.73. The van der Waals surface area contributed by atoms with Crippen molar-refractivity contribution in [2.45, 2.75) is 25.7 Å². The Morgan fingerprint density at radius 2 is 2.13 bits per heavy atom. The maximum atomic E-state index is 12.3. The van der Waals surface area contributed by atoms with Gasteiger partial charge in [0.05, 0.1) is 5.69 Å². The van der Waals surface area contributed by atoms with Crippen LogP contribution in [0.15, 0.2) is 30.9 Å². The first-order chi connectivity index (χ1) is 11.3. The topological polar surface area (TPSA) is 85.6 Å². The molecule has 0 aliphatic heterocycles. The molecule has 7 nitrogen and oxygen atoms in total. The standard InChI is InChI=1S/C15H14N6OS/c22-14(18-15-17-10-3-1-2-4-12(10)23-15)11-5-6-13(20-19-11)21-8-7-16-9-21/h5-9H,1-4H2,(H,17,18,22). The largest absolute Gasteiger partial charge is 0.296 e. The molecule has 0 radical (unpaired) electrons. The van der Waals surface area contributed by atoms with Crippen LogP contribution in [-0.4, -0.2) is 30.6 Å². The lowest BCUT2D eigenvalue weighted by Crippen LogP contribution is -2.14. The molecule has 8 heteroatoms. The Morgan fingerprint density at radius 3 is 2.87 bits per heavy atom. The normalized spacial score (nSPS) is 13.6. The zero-order valence-electron chi connectivity index (χ0n) is 12.3. The minimum atomic E-state index is -0.291. The molecule has 0 atom stereocenters. The molecule has 0 unspecified atom stereocenters. The van der Waals surface area contributed by atoms with Crippen LogP contribution in [0.25, 0.3) is 5.82 Å². The van der Waals surface area contributed by atoms with Crippen LogP contribution in [-0.2, 0) is 12.8 Å². The Labute approximate surface area is 136 Å². The quantitative estimate of drug-likeness (QED) is 0.798. The first kappa shape index (κ1) is 14.0. The van der Waals surface area contributed by atoms with E-state index < -0.39 is 0 Å². The minimum Gasteiger partial charge on any atom is -0.296 e. The van der Waals surface area contributed by atoms with E-state index >= 15 is 0 Å². The molecule has 1 aliphatic carbocycles. The third-order valence-electron chi connectivity index (χ3n) is 3.72. The number of imidazole rings is 1. The van der Waals surface area contributed by atoms with Gasteiger partial charge in [-0.2, -0.15) is 0 Å². The van der Waals surface area contributed by atoms with Gasteiger partial charge in [-0.05, 0) is 37.8 Å². The van der Waals surface area contributed by atoms with Crippen molar-refractivity contribution in [2.75, 3.05) is 5.32 Å². The highest BCUT2D eigenvalue weighted by atomic mass is 32.1. The number of nitrogens with one attached hydrogen (secondary N) is 1. The fourth-order valence-corrected chi connectivity index (χ4v) is 3.59. The van der Waals surface area contributed by atoms with Gasteiger partial charge in [-0.25, -0.2) is 9.97 Å². The van der Waals surface area contributed by atoms with Crippen LogP contribution in [0.1, 0.15) is 33.9 Å². The molecule has 1 aliphatic rings. The van der Waals surface area contributed by atoms with Crippen molar-refractivity contribution in [3.63, 3.8) is 0 Å². The number of amides is 1. The number of hydrogen-bond acceptors (Lipinski definition) is 6. The van der Waals surface area contributed by atoms with Gasteiger partial charge in [0.1, 0.15) is 6.33 Å². The fraction of sp³-hybridized carbons (Fsp3) is 0.267. The number of carbonyl (C=O) groups excluding carboxylic acids is 1. The predicted molar refractivity (Wildman–Crippen MR) is 85.9 cm³/mol. The average Bonchev–Trinajstić information content (AvgIpc) is 3.24. The Balaban J connectivity index is 1.49. The second-order valence-electron chi connectivity index (χ2n) is 5.30. The first-order valence-electron chi connectivity index (χ1n) is 7.41. The molecule has 1 N–H and O–H groups in total. The van der Waals surface area contributed by atoms with Gasteiger partial charge in [0, 0.05) is 17.3 Å². The van der Waals surface area contributed by atoms with Crippen LogP contribution in [0.4, 0.5) is 5.13 Å². The van der Waals surface area contributed by atoms with Crippen LogP contribution < -0.4 is 5.32 Å². The van der Waals surface area contributed by atoms with Gasteiger partial charge in [-0.3, -0.25) is 14.7 Å². The summed E-state index contributed by atoms with van der Waals surface area (Å²) >= 11 is 1.56. The lowest BCUT2D eigenvalue weighted by Gasteiger charge is -2.06. The number of thiazole rings is 1. The van der Waals surface area contributed by atoms with E-state index in [2.05, 4.69) is 25.5 Å². The van der Waals surface area contributed by atoms with Gasteiger partial charge in [-0.1, -0.05) is 0 Å². The van der Waals surface area contributed by atoms with E-state index in [-0.39, 0.29) is 11.6 Å². The second kappa shape index (κ2) is 5.88. The maximum Gasteiger partial charge on any atom is 0.277 e. The zero-order valence-corrected chi connectivity index (χ0v) is 13.1. The van der Waals surface area contributed by atoms with E-state index in [9.17, 15) is 4.79 Å².